The second-order valence-electron chi connectivity index (χ2n) is 6.22. The van der Waals surface area contributed by atoms with Gasteiger partial charge in [0.1, 0.15) is 6.04 Å². The highest BCUT2D eigenvalue weighted by atomic mass is 35.5. The van der Waals surface area contributed by atoms with Gasteiger partial charge in [-0.05, 0) is 24.1 Å². The number of aryl methyl sites for hydroxylation is 1. The van der Waals surface area contributed by atoms with Gasteiger partial charge in [0.05, 0.1) is 20.3 Å². The average Bonchev–Trinajstić information content (AvgIpc) is 2.56. The maximum Gasteiger partial charge on any atom is 0.119 e. The maximum atomic E-state index is 4.02. The summed E-state index contributed by atoms with van der Waals surface area (Å²) in [6.45, 7) is 7.82. The van der Waals surface area contributed by atoms with Crippen LogP contribution in [0.2, 0.25) is 0 Å². The minimum Gasteiger partial charge on any atom is -1.00 e. The molecule has 122 valence electrons. The summed E-state index contributed by atoms with van der Waals surface area (Å²) < 4.78 is 0.786. The molecule has 0 bridgehead atoms. The third kappa shape index (κ3) is 5.09. The van der Waals surface area contributed by atoms with E-state index < -0.39 is 0 Å². The highest BCUT2D eigenvalue weighted by Gasteiger charge is 2.27. The molecule has 0 N–H and O–H groups in total. The van der Waals surface area contributed by atoms with Crippen LogP contribution in [0.4, 0.5) is 0 Å². The predicted octanol–water partition coefficient (Wildman–Crippen LogP) is 2.23. The van der Waals surface area contributed by atoms with Gasteiger partial charge in [-0.25, -0.2) is 0 Å². The number of benzene rings is 2. The highest BCUT2D eigenvalue weighted by molar-refractivity contribution is 5.47. The van der Waals surface area contributed by atoms with Crippen LogP contribution in [0.1, 0.15) is 29.2 Å². The molecule has 1 unspecified atom stereocenters. The molecule has 0 aromatic heterocycles. The van der Waals surface area contributed by atoms with E-state index in [4.69, 9.17) is 0 Å². The van der Waals surface area contributed by atoms with Crippen LogP contribution < -0.4 is 12.4 Å². The Kier molecular flexibility index (Phi) is 7.28. The zero-order valence-corrected chi connectivity index (χ0v) is 14.8. The Bertz CT molecular complexity index is 614. The van der Waals surface area contributed by atoms with E-state index >= 15 is 0 Å². The normalized spacial score (nSPS) is 12.1. The standard InChI is InChI=1S/C21H26N.ClH/c1-5-18-12-14-19(15-13-18)16-17-21(22(3,4)6-2)20-10-8-7-9-11-20;/h5-15,21H,1-2,16-17H2,3-4H3;1H/q+1;/p-1. The first-order valence-electron chi connectivity index (χ1n) is 7.80. The molecular weight excluding hydrogens is 302 g/mol. The fourth-order valence-corrected chi connectivity index (χ4v) is 2.81. The van der Waals surface area contributed by atoms with Crippen molar-refractivity contribution in [3.8, 4) is 0 Å². The lowest BCUT2D eigenvalue weighted by Crippen LogP contribution is -3.00. The van der Waals surface area contributed by atoms with Crippen LogP contribution in [0.3, 0.4) is 0 Å². The summed E-state index contributed by atoms with van der Waals surface area (Å²) in [5.41, 5.74) is 3.91. The third-order valence-corrected chi connectivity index (χ3v) is 4.38. The summed E-state index contributed by atoms with van der Waals surface area (Å²) in [6, 6.07) is 19.8. The van der Waals surface area contributed by atoms with Crippen molar-refractivity contribution in [3.05, 3.63) is 90.6 Å². The molecular formula is C21H26ClN. The lowest BCUT2D eigenvalue weighted by Gasteiger charge is -2.35. The summed E-state index contributed by atoms with van der Waals surface area (Å²) in [6.07, 6.45) is 6.07. The molecule has 2 heteroatoms. The molecule has 2 aromatic rings. The molecule has 2 aromatic carbocycles. The van der Waals surface area contributed by atoms with Crippen LogP contribution in [0.25, 0.3) is 6.08 Å². The molecule has 0 saturated heterocycles. The molecule has 0 aliphatic carbocycles. The fourth-order valence-electron chi connectivity index (χ4n) is 2.81. The monoisotopic (exact) mass is 327 g/mol. The van der Waals surface area contributed by atoms with E-state index in [0.29, 0.717) is 6.04 Å². The number of quaternary nitrogens is 1. The molecule has 2 rings (SSSR count). The van der Waals surface area contributed by atoms with E-state index in [2.05, 4.69) is 81.9 Å². The lowest BCUT2D eigenvalue weighted by molar-refractivity contribution is -0.872. The maximum absolute atomic E-state index is 4.02. The van der Waals surface area contributed by atoms with Crippen molar-refractivity contribution in [1.29, 1.82) is 0 Å². The van der Waals surface area contributed by atoms with Gasteiger partial charge in [0.25, 0.3) is 0 Å². The SMILES string of the molecule is C=Cc1ccc(CCC(c2ccccc2)[N+](C)(C)C=C)cc1.[Cl-]. The molecule has 0 fully saturated rings. The summed E-state index contributed by atoms with van der Waals surface area (Å²) in [5, 5.41) is 0. The van der Waals surface area contributed by atoms with Crippen molar-refractivity contribution in [2.45, 2.75) is 18.9 Å². The Morgan fingerprint density at radius 2 is 1.57 bits per heavy atom. The first kappa shape index (κ1) is 19.2. The van der Waals surface area contributed by atoms with Gasteiger partial charge >= 0.3 is 0 Å². The molecule has 23 heavy (non-hydrogen) atoms. The van der Waals surface area contributed by atoms with E-state index in [1.165, 1.54) is 16.7 Å². The van der Waals surface area contributed by atoms with Gasteiger partial charge < -0.3 is 12.4 Å². The Hall–Kier alpha value is -1.83. The minimum absolute atomic E-state index is 0. The largest absolute Gasteiger partial charge is 1.00 e. The van der Waals surface area contributed by atoms with Crippen LogP contribution in [0.5, 0.6) is 0 Å². The number of rotatable bonds is 7. The van der Waals surface area contributed by atoms with E-state index in [-0.39, 0.29) is 12.4 Å². The van der Waals surface area contributed by atoms with E-state index in [1.807, 2.05) is 12.3 Å². The van der Waals surface area contributed by atoms with Gasteiger partial charge in [0, 0.05) is 12.0 Å². The van der Waals surface area contributed by atoms with Crippen LogP contribution in [0.15, 0.2) is 74.0 Å². The summed E-state index contributed by atoms with van der Waals surface area (Å²) in [7, 11) is 4.43. The zero-order valence-electron chi connectivity index (χ0n) is 14.1. The van der Waals surface area contributed by atoms with Crippen LogP contribution >= 0.6 is 0 Å². The van der Waals surface area contributed by atoms with E-state index in [0.717, 1.165) is 17.3 Å². The van der Waals surface area contributed by atoms with Gasteiger partial charge in [0.2, 0.25) is 0 Å². The summed E-state index contributed by atoms with van der Waals surface area (Å²) in [5.74, 6) is 0. The van der Waals surface area contributed by atoms with Crippen molar-refractivity contribution < 1.29 is 16.9 Å². The molecule has 0 aliphatic heterocycles. The molecule has 0 aliphatic rings. The highest BCUT2D eigenvalue weighted by Crippen LogP contribution is 2.30. The van der Waals surface area contributed by atoms with Gasteiger partial charge in [-0.1, -0.05) is 67.3 Å². The summed E-state index contributed by atoms with van der Waals surface area (Å²) >= 11 is 0. The summed E-state index contributed by atoms with van der Waals surface area (Å²) in [4.78, 5) is 0. The average molecular weight is 328 g/mol. The first-order valence-corrected chi connectivity index (χ1v) is 7.80. The van der Waals surface area contributed by atoms with Crippen LogP contribution in [-0.4, -0.2) is 18.6 Å². The van der Waals surface area contributed by atoms with Crippen molar-refractivity contribution in [2.75, 3.05) is 14.1 Å². The molecule has 0 amide bonds. The Labute approximate surface area is 147 Å². The van der Waals surface area contributed by atoms with Crippen LogP contribution in [-0.2, 0) is 6.42 Å². The quantitative estimate of drug-likeness (QED) is 0.684. The van der Waals surface area contributed by atoms with Crippen molar-refractivity contribution in [1.82, 2.24) is 0 Å². The second-order valence-corrected chi connectivity index (χ2v) is 6.22. The van der Waals surface area contributed by atoms with E-state index in [9.17, 15) is 0 Å². The second kappa shape index (κ2) is 8.71. The molecule has 0 spiro atoms. The Balaban J connectivity index is 0.00000264. The van der Waals surface area contributed by atoms with Gasteiger partial charge in [0.15, 0.2) is 0 Å². The Morgan fingerprint density at radius 1 is 0.957 bits per heavy atom. The van der Waals surface area contributed by atoms with Crippen molar-refractivity contribution in [3.63, 3.8) is 0 Å². The van der Waals surface area contributed by atoms with Crippen molar-refractivity contribution in [2.24, 2.45) is 0 Å². The third-order valence-electron chi connectivity index (χ3n) is 4.38. The number of halogens is 1. The molecule has 0 heterocycles. The topological polar surface area (TPSA) is 0 Å². The molecule has 0 radical (unpaired) electrons. The Morgan fingerprint density at radius 3 is 2.09 bits per heavy atom. The lowest BCUT2D eigenvalue weighted by atomic mass is 9.96. The number of nitrogens with zero attached hydrogens (tertiary/aromatic N) is 1. The van der Waals surface area contributed by atoms with Crippen molar-refractivity contribution >= 4 is 6.08 Å². The first-order chi connectivity index (χ1) is 10.6. The number of hydrogen-bond acceptors (Lipinski definition) is 0. The molecule has 1 atom stereocenters. The smallest absolute Gasteiger partial charge is 0.119 e. The van der Waals surface area contributed by atoms with Gasteiger partial charge in [-0.3, -0.25) is 4.48 Å². The minimum atomic E-state index is 0. The van der Waals surface area contributed by atoms with Gasteiger partial charge in [-0.2, -0.15) is 0 Å². The van der Waals surface area contributed by atoms with Gasteiger partial charge in [-0.15, -0.1) is 0 Å². The zero-order chi connectivity index (χ0) is 16.0. The number of hydrogen-bond donors (Lipinski definition) is 0. The van der Waals surface area contributed by atoms with Crippen LogP contribution in [0, 0.1) is 0 Å². The predicted molar refractivity (Wildman–Crippen MR) is 96.3 cm³/mol. The van der Waals surface area contributed by atoms with E-state index in [1.54, 1.807) is 0 Å². The molecule has 1 nitrogen and oxygen atoms in total. The fraction of sp³-hybridized carbons (Fsp3) is 0.238. The molecule has 0 saturated carbocycles.